The molecule has 1 atom stereocenters. The van der Waals surface area contributed by atoms with Crippen LogP contribution in [0, 0.1) is 0 Å². The lowest BCUT2D eigenvalue weighted by atomic mass is 10.1. The van der Waals surface area contributed by atoms with Crippen molar-refractivity contribution >= 4 is 11.6 Å². The second-order valence-electron chi connectivity index (χ2n) is 4.79. The fourth-order valence-corrected chi connectivity index (χ4v) is 1.96. The summed E-state index contributed by atoms with van der Waals surface area (Å²) in [5, 5.41) is 24.9. The van der Waals surface area contributed by atoms with E-state index in [1.165, 1.54) is 18.2 Å². The number of anilines is 1. The molecule has 0 aromatic heterocycles. The fourth-order valence-electron chi connectivity index (χ4n) is 1.96. The van der Waals surface area contributed by atoms with Crippen molar-refractivity contribution in [3.63, 3.8) is 0 Å². The second kappa shape index (κ2) is 6.28. The first-order valence-corrected chi connectivity index (χ1v) is 6.62. The fraction of sp³-hybridized carbons (Fsp3) is 0.188. The predicted molar refractivity (Wildman–Crippen MR) is 81.6 cm³/mol. The molecule has 0 saturated heterocycles. The zero-order valence-electron chi connectivity index (χ0n) is 11.9. The molecule has 21 heavy (non-hydrogen) atoms. The molecule has 0 fully saturated rings. The Bertz CT molecular complexity index is 656. The van der Waals surface area contributed by atoms with Gasteiger partial charge in [0.2, 0.25) is 0 Å². The van der Waals surface area contributed by atoms with Crippen molar-refractivity contribution in [1.29, 1.82) is 0 Å². The summed E-state index contributed by atoms with van der Waals surface area (Å²) >= 11 is 0. The summed E-state index contributed by atoms with van der Waals surface area (Å²) in [5.74, 6) is -0.724. The van der Waals surface area contributed by atoms with Crippen molar-refractivity contribution in [2.75, 3.05) is 12.4 Å². The third-order valence-electron chi connectivity index (χ3n) is 3.30. The van der Waals surface area contributed by atoms with Crippen molar-refractivity contribution in [2.45, 2.75) is 13.0 Å². The third kappa shape index (κ3) is 3.52. The zero-order valence-corrected chi connectivity index (χ0v) is 11.9. The Hall–Kier alpha value is -2.53. The van der Waals surface area contributed by atoms with Crippen LogP contribution in [-0.2, 0) is 0 Å². The molecule has 1 unspecified atom stereocenters. The van der Waals surface area contributed by atoms with E-state index in [2.05, 4.69) is 10.6 Å². The smallest absolute Gasteiger partial charge is 0.259 e. The molecule has 0 aliphatic rings. The summed E-state index contributed by atoms with van der Waals surface area (Å²) in [6, 6.07) is 11.4. The van der Waals surface area contributed by atoms with Gasteiger partial charge in [0.25, 0.3) is 5.91 Å². The van der Waals surface area contributed by atoms with Gasteiger partial charge in [0.1, 0.15) is 11.5 Å². The summed E-state index contributed by atoms with van der Waals surface area (Å²) in [6.45, 7) is 2.02. The lowest BCUT2D eigenvalue weighted by molar-refractivity contribution is 0.102. The molecule has 2 rings (SSSR count). The van der Waals surface area contributed by atoms with Crippen LogP contribution in [0.4, 0.5) is 5.69 Å². The van der Waals surface area contributed by atoms with E-state index in [9.17, 15) is 15.0 Å². The summed E-state index contributed by atoms with van der Waals surface area (Å²) in [6.07, 6.45) is 0. The van der Waals surface area contributed by atoms with E-state index in [-0.39, 0.29) is 23.1 Å². The second-order valence-corrected chi connectivity index (χ2v) is 4.79. The summed E-state index contributed by atoms with van der Waals surface area (Å²) in [4.78, 5) is 12.1. The lowest BCUT2D eigenvalue weighted by Gasteiger charge is -2.13. The Balaban J connectivity index is 2.21. The number of carbonyl (C=O) groups is 1. The van der Waals surface area contributed by atoms with E-state index in [1.54, 1.807) is 6.07 Å². The van der Waals surface area contributed by atoms with Gasteiger partial charge in [0, 0.05) is 11.7 Å². The zero-order chi connectivity index (χ0) is 15.4. The Morgan fingerprint density at radius 2 is 1.90 bits per heavy atom. The van der Waals surface area contributed by atoms with Gasteiger partial charge < -0.3 is 20.8 Å². The van der Waals surface area contributed by atoms with Gasteiger partial charge in [-0.3, -0.25) is 4.79 Å². The minimum atomic E-state index is -0.474. The highest BCUT2D eigenvalue weighted by Gasteiger charge is 2.13. The Morgan fingerprint density at radius 1 is 1.14 bits per heavy atom. The van der Waals surface area contributed by atoms with E-state index >= 15 is 0 Å². The van der Waals surface area contributed by atoms with E-state index in [4.69, 9.17) is 0 Å². The lowest BCUT2D eigenvalue weighted by Crippen LogP contribution is -2.14. The molecule has 0 aliphatic heterocycles. The summed E-state index contributed by atoms with van der Waals surface area (Å²) in [5.41, 5.74) is 1.69. The molecule has 0 spiro atoms. The highest BCUT2D eigenvalue weighted by atomic mass is 16.3. The molecule has 0 radical (unpaired) electrons. The SMILES string of the molecule is CNC(C)c1cccc(NC(=O)c2cc(O)ccc2O)c1. The number of nitrogens with one attached hydrogen (secondary N) is 2. The average Bonchev–Trinajstić information content (AvgIpc) is 2.49. The van der Waals surface area contributed by atoms with Gasteiger partial charge in [0.05, 0.1) is 5.56 Å². The maximum atomic E-state index is 12.1. The maximum absolute atomic E-state index is 12.1. The molecule has 110 valence electrons. The van der Waals surface area contributed by atoms with Gasteiger partial charge in [-0.25, -0.2) is 0 Å². The average molecular weight is 286 g/mol. The first kappa shape index (κ1) is 14.9. The Morgan fingerprint density at radius 3 is 2.62 bits per heavy atom. The first-order valence-electron chi connectivity index (χ1n) is 6.62. The van der Waals surface area contributed by atoms with Crippen LogP contribution in [0.25, 0.3) is 0 Å². The highest BCUT2D eigenvalue weighted by molar-refractivity contribution is 6.06. The summed E-state index contributed by atoms with van der Waals surface area (Å²) < 4.78 is 0. The van der Waals surface area contributed by atoms with Crippen molar-refractivity contribution < 1.29 is 15.0 Å². The number of hydrogen-bond donors (Lipinski definition) is 4. The van der Waals surface area contributed by atoms with Crippen molar-refractivity contribution in [3.05, 3.63) is 53.6 Å². The standard InChI is InChI=1S/C16H18N2O3/c1-10(17-2)11-4-3-5-12(8-11)18-16(21)14-9-13(19)6-7-15(14)20/h3-10,17,19-20H,1-2H3,(H,18,21). The van der Waals surface area contributed by atoms with E-state index in [0.29, 0.717) is 5.69 Å². The number of benzene rings is 2. The van der Waals surface area contributed by atoms with Gasteiger partial charge in [-0.1, -0.05) is 12.1 Å². The largest absolute Gasteiger partial charge is 0.508 e. The number of hydrogen-bond acceptors (Lipinski definition) is 4. The number of rotatable bonds is 4. The molecule has 4 N–H and O–H groups in total. The molecule has 5 nitrogen and oxygen atoms in total. The van der Waals surface area contributed by atoms with Gasteiger partial charge in [-0.15, -0.1) is 0 Å². The Kier molecular flexibility index (Phi) is 4.45. The predicted octanol–water partition coefficient (Wildman–Crippen LogP) is 2.63. The molecule has 0 saturated carbocycles. The van der Waals surface area contributed by atoms with E-state index < -0.39 is 5.91 Å². The normalized spacial score (nSPS) is 11.9. The molecular weight excluding hydrogens is 268 g/mol. The van der Waals surface area contributed by atoms with Crippen LogP contribution < -0.4 is 10.6 Å². The topological polar surface area (TPSA) is 81.6 Å². The number of carbonyl (C=O) groups excluding carboxylic acids is 1. The van der Waals surface area contributed by atoms with Crippen LogP contribution in [0.15, 0.2) is 42.5 Å². The molecule has 0 bridgehead atoms. The minimum absolute atomic E-state index is 0.0297. The van der Waals surface area contributed by atoms with Gasteiger partial charge in [-0.2, -0.15) is 0 Å². The maximum Gasteiger partial charge on any atom is 0.259 e. The quantitative estimate of drug-likeness (QED) is 0.651. The number of aromatic hydroxyl groups is 2. The number of phenols is 2. The third-order valence-corrected chi connectivity index (χ3v) is 3.30. The van der Waals surface area contributed by atoms with Crippen molar-refractivity contribution in [1.82, 2.24) is 5.32 Å². The van der Waals surface area contributed by atoms with E-state index in [1.807, 2.05) is 32.2 Å². The molecule has 0 aliphatic carbocycles. The van der Waals surface area contributed by atoms with Gasteiger partial charge in [-0.05, 0) is 49.9 Å². The van der Waals surface area contributed by atoms with Crippen molar-refractivity contribution in [3.8, 4) is 11.5 Å². The summed E-state index contributed by atoms with van der Waals surface area (Å²) in [7, 11) is 1.86. The molecule has 5 heteroatoms. The Labute approximate surface area is 123 Å². The van der Waals surface area contributed by atoms with E-state index in [0.717, 1.165) is 5.56 Å². The number of phenolic OH excluding ortho intramolecular Hbond substituents is 2. The van der Waals surface area contributed by atoms with Crippen molar-refractivity contribution in [2.24, 2.45) is 0 Å². The molecule has 1 amide bonds. The minimum Gasteiger partial charge on any atom is -0.508 e. The molecule has 2 aromatic carbocycles. The van der Waals surface area contributed by atoms with Crippen LogP contribution >= 0.6 is 0 Å². The van der Waals surface area contributed by atoms with Crippen LogP contribution in [-0.4, -0.2) is 23.2 Å². The molecule has 0 heterocycles. The van der Waals surface area contributed by atoms with Crippen LogP contribution in [0.5, 0.6) is 11.5 Å². The number of amides is 1. The van der Waals surface area contributed by atoms with Crippen LogP contribution in [0.1, 0.15) is 28.9 Å². The van der Waals surface area contributed by atoms with Crippen LogP contribution in [0.2, 0.25) is 0 Å². The van der Waals surface area contributed by atoms with Crippen LogP contribution in [0.3, 0.4) is 0 Å². The van der Waals surface area contributed by atoms with Gasteiger partial charge >= 0.3 is 0 Å². The molecular formula is C16H18N2O3. The first-order chi connectivity index (χ1) is 10.0. The van der Waals surface area contributed by atoms with Gasteiger partial charge in [0.15, 0.2) is 0 Å². The highest BCUT2D eigenvalue weighted by Crippen LogP contribution is 2.24. The monoisotopic (exact) mass is 286 g/mol. The molecule has 2 aromatic rings.